The largest absolute Gasteiger partial charge is 0.328 e. The maximum atomic E-state index is 12.0. The van der Waals surface area contributed by atoms with E-state index in [9.17, 15) is 4.79 Å². The molecule has 0 heterocycles. The fraction of sp³-hybridized carbons (Fsp3) is 0.500. The maximum Gasteiger partial charge on any atom is 0.227 e. The molecule has 2 unspecified atom stereocenters. The third-order valence-corrected chi connectivity index (χ3v) is 3.45. The molecule has 100 valence electrons. The second-order valence-corrected chi connectivity index (χ2v) is 4.81. The Morgan fingerprint density at radius 1 is 1.44 bits per heavy atom. The van der Waals surface area contributed by atoms with Gasteiger partial charge in [-0.25, -0.2) is 0 Å². The smallest absolute Gasteiger partial charge is 0.227 e. The van der Waals surface area contributed by atoms with E-state index in [0.717, 1.165) is 31.4 Å². The molecule has 0 aliphatic heterocycles. The van der Waals surface area contributed by atoms with Gasteiger partial charge in [-0.05, 0) is 43.4 Å². The van der Waals surface area contributed by atoms with E-state index in [1.165, 1.54) is 5.56 Å². The molecule has 2 rings (SSSR count). The van der Waals surface area contributed by atoms with E-state index in [4.69, 9.17) is 5.73 Å². The van der Waals surface area contributed by atoms with E-state index in [0.29, 0.717) is 0 Å². The van der Waals surface area contributed by atoms with Gasteiger partial charge in [0.25, 0.3) is 0 Å². The Hall–Kier alpha value is -1.06. The molecule has 3 N–H and O–H groups in total. The van der Waals surface area contributed by atoms with Crippen LogP contribution in [0.4, 0.5) is 5.69 Å². The highest BCUT2D eigenvalue weighted by Gasteiger charge is 2.27. The predicted molar refractivity (Wildman–Crippen MR) is 77.0 cm³/mol. The van der Waals surface area contributed by atoms with Gasteiger partial charge in [0.15, 0.2) is 0 Å². The molecule has 0 radical (unpaired) electrons. The van der Waals surface area contributed by atoms with Crippen LogP contribution in [0.25, 0.3) is 0 Å². The molecular formula is C14H21ClN2O. The van der Waals surface area contributed by atoms with Crippen molar-refractivity contribution < 1.29 is 4.79 Å². The van der Waals surface area contributed by atoms with Gasteiger partial charge in [-0.15, -0.1) is 12.4 Å². The molecule has 0 saturated heterocycles. The van der Waals surface area contributed by atoms with Crippen molar-refractivity contribution in [3.8, 4) is 0 Å². The zero-order valence-electron chi connectivity index (χ0n) is 10.7. The van der Waals surface area contributed by atoms with E-state index < -0.39 is 0 Å². The summed E-state index contributed by atoms with van der Waals surface area (Å²) in [5, 5.41) is 2.98. The Labute approximate surface area is 115 Å². The number of carbonyl (C=O) groups excluding carboxylic acids is 1. The van der Waals surface area contributed by atoms with Crippen LogP contribution in [0.15, 0.2) is 24.3 Å². The van der Waals surface area contributed by atoms with E-state index in [1.54, 1.807) is 0 Å². The first-order chi connectivity index (χ1) is 8.19. The van der Waals surface area contributed by atoms with E-state index >= 15 is 0 Å². The molecule has 0 bridgehead atoms. The topological polar surface area (TPSA) is 55.1 Å². The molecule has 1 aliphatic carbocycles. The summed E-state index contributed by atoms with van der Waals surface area (Å²) in [5.41, 5.74) is 7.96. The summed E-state index contributed by atoms with van der Waals surface area (Å²) in [4.78, 5) is 12.0. The second-order valence-electron chi connectivity index (χ2n) is 4.81. The van der Waals surface area contributed by atoms with Crippen LogP contribution in [0.5, 0.6) is 0 Å². The summed E-state index contributed by atoms with van der Waals surface area (Å²) in [5.74, 6) is 0.210. The van der Waals surface area contributed by atoms with Gasteiger partial charge < -0.3 is 11.1 Å². The van der Waals surface area contributed by atoms with Crippen LogP contribution in [-0.4, -0.2) is 11.9 Å². The molecule has 1 aliphatic rings. The fourth-order valence-electron chi connectivity index (χ4n) is 2.37. The lowest BCUT2D eigenvalue weighted by Crippen LogP contribution is -2.23. The first-order valence-electron chi connectivity index (χ1n) is 6.34. The Kier molecular flexibility index (Phi) is 5.63. The summed E-state index contributed by atoms with van der Waals surface area (Å²) in [6.07, 6.45) is 3.69. The molecule has 0 spiro atoms. The molecule has 3 nitrogen and oxygen atoms in total. The van der Waals surface area contributed by atoms with Crippen molar-refractivity contribution in [3.05, 3.63) is 29.8 Å². The number of anilines is 1. The lowest BCUT2D eigenvalue weighted by atomic mass is 10.1. The van der Waals surface area contributed by atoms with Gasteiger partial charge in [0.05, 0.1) is 0 Å². The first kappa shape index (κ1) is 15.0. The second kappa shape index (κ2) is 6.76. The third-order valence-electron chi connectivity index (χ3n) is 3.45. The van der Waals surface area contributed by atoms with E-state index in [2.05, 4.69) is 18.3 Å². The number of hydrogen-bond acceptors (Lipinski definition) is 2. The van der Waals surface area contributed by atoms with Crippen LogP contribution >= 0.6 is 12.4 Å². The minimum absolute atomic E-state index is 0. The monoisotopic (exact) mass is 268 g/mol. The predicted octanol–water partition coefficient (Wildman–Crippen LogP) is 2.74. The zero-order chi connectivity index (χ0) is 12.3. The van der Waals surface area contributed by atoms with Crippen molar-refractivity contribution >= 4 is 24.0 Å². The lowest BCUT2D eigenvalue weighted by Gasteiger charge is -2.11. The zero-order valence-corrected chi connectivity index (χ0v) is 11.5. The number of halogens is 1. The van der Waals surface area contributed by atoms with E-state index in [1.807, 2.05) is 18.2 Å². The van der Waals surface area contributed by atoms with Gasteiger partial charge in [0.1, 0.15) is 0 Å². The minimum Gasteiger partial charge on any atom is -0.328 e. The van der Waals surface area contributed by atoms with Crippen LogP contribution in [0, 0.1) is 5.92 Å². The van der Waals surface area contributed by atoms with Gasteiger partial charge in [-0.1, -0.05) is 19.1 Å². The van der Waals surface area contributed by atoms with Crippen molar-refractivity contribution in [2.45, 2.75) is 38.6 Å². The van der Waals surface area contributed by atoms with Crippen molar-refractivity contribution in [3.63, 3.8) is 0 Å². The molecule has 0 aromatic heterocycles. The standard InChI is InChI=1S/C14H20N2O.ClH/c1-2-10-4-3-5-13(8-10)16-14(17)11-6-7-12(15)9-11;/h3-5,8,11-12H,2,6-7,9,15H2,1H3,(H,16,17);1H. The number of nitrogens with two attached hydrogens (primary N) is 1. The average molecular weight is 269 g/mol. The Balaban J connectivity index is 0.00000162. The number of carbonyl (C=O) groups is 1. The fourth-order valence-corrected chi connectivity index (χ4v) is 2.37. The van der Waals surface area contributed by atoms with Crippen molar-refractivity contribution in [1.29, 1.82) is 0 Å². The molecule has 1 fully saturated rings. The van der Waals surface area contributed by atoms with Crippen LogP contribution in [0.3, 0.4) is 0 Å². The summed E-state index contributed by atoms with van der Waals surface area (Å²) in [6, 6.07) is 8.22. The van der Waals surface area contributed by atoms with E-state index in [-0.39, 0.29) is 30.3 Å². The number of aryl methyl sites for hydroxylation is 1. The number of rotatable bonds is 3. The molecule has 1 aromatic carbocycles. The van der Waals surface area contributed by atoms with Crippen LogP contribution in [0.1, 0.15) is 31.7 Å². The van der Waals surface area contributed by atoms with Gasteiger partial charge in [-0.2, -0.15) is 0 Å². The third kappa shape index (κ3) is 3.72. The first-order valence-corrected chi connectivity index (χ1v) is 6.34. The molecular weight excluding hydrogens is 248 g/mol. The number of benzene rings is 1. The normalized spacial score (nSPS) is 22.3. The Morgan fingerprint density at radius 2 is 2.22 bits per heavy atom. The van der Waals surface area contributed by atoms with Crippen molar-refractivity contribution in [2.24, 2.45) is 11.7 Å². The van der Waals surface area contributed by atoms with Crippen LogP contribution in [-0.2, 0) is 11.2 Å². The molecule has 1 aromatic rings. The summed E-state index contributed by atoms with van der Waals surface area (Å²) < 4.78 is 0. The van der Waals surface area contributed by atoms with Gasteiger partial charge in [-0.3, -0.25) is 4.79 Å². The van der Waals surface area contributed by atoms with Gasteiger partial charge >= 0.3 is 0 Å². The summed E-state index contributed by atoms with van der Waals surface area (Å²) >= 11 is 0. The van der Waals surface area contributed by atoms with Gasteiger partial charge in [0, 0.05) is 17.6 Å². The summed E-state index contributed by atoms with van der Waals surface area (Å²) in [6.45, 7) is 2.11. The quantitative estimate of drug-likeness (QED) is 0.886. The summed E-state index contributed by atoms with van der Waals surface area (Å²) in [7, 11) is 0. The number of nitrogens with one attached hydrogen (secondary N) is 1. The average Bonchev–Trinajstić information content (AvgIpc) is 2.76. The lowest BCUT2D eigenvalue weighted by molar-refractivity contribution is -0.119. The highest BCUT2D eigenvalue weighted by atomic mass is 35.5. The molecule has 18 heavy (non-hydrogen) atoms. The SMILES string of the molecule is CCc1cccc(NC(=O)C2CCC(N)C2)c1.Cl. The maximum absolute atomic E-state index is 12.0. The van der Waals surface area contributed by atoms with Crippen LogP contribution in [0.2, 0.25) is 0 Å². The molecule has 4 heteroatoms. The highest BCUT2D eigenvalue weighted by Crippen LogP contribution is 2.25. The number of amides is 1. The van der Waals surface area contributed by atoms with Crippen molar-refractivity contribution in [2.75, 3.05) is 5.32 Å². The van der Waals surface area contributed by atoms with Crippen LogP contribution < -0.4 is 11.1 Å². The van der Waals surface area contributed by atoms with Crippen molar-refractivity contribution in [1.82, 2.24) is 0 Å². The molecule has 2 atom stereocenters. The number of hydrogen-bond donors (Lipinski definition) is 2. The van der Waals surface area contributed by atoms with Gasteiger partial charge in [0.2, 0.25) is 5.91 Å². The molecule has 1 saturated carbocycles. The Morgan fingerprint density at radius 3 is 2.83 bits per heavy atom. The minimum atomic E-state index is 0. The highest BCUT2D eigenvalue weighted by molar-refractivity contribution is 5.92. The Bertz CT molecular complexity index is 409. The molecule has 1 amide bonds.